The van der Waals surface area contributed by atoms with Crippen LogP contribution in [-0.4, -0.2) is 35.3 Å². The lowest BCUT2D eigenvalue weighted by molar-refractivity contribution is -0.141. The van der Waals surface area contributed by atoms with Crippen LogP contribution >= 0.6 is 0 Å². The Bertz CT molecular complexity index is 565. The van der Waals surface area contributed by atoms with Gasteiger partial charge in [-0.3, -0.25) is 4.98 Å². The van der Waals surface area contributed by atoms with Crippen LogP contribution < -0.4 is 10.2 Å². The maximum Gasteiger partial charge on any atom is 0.433 e. The molecule has 0 aromatic carbocycles. The summed E-state index contributed by atoms with van der Waals surface area (Å²) in [7, 11) is 0. The molecule has 22 heavy (non-hydrogen) atoms. The summed E-state index contributed by atoms with van der Waals surface area (Å²) >= 11 is 0. The third kappa shape index (κ3) is 2.82. The third-order valence-corrected chi connectivity index (χ3v) is 4.52. The van der Waals surface area contributed by atoms with Crippen LogP contribution in [0.5, 0.6) is 0 Å². The van der Waals surface area contributed by atoms with Crippen LogP contribution in [0.15, 0.2) is 18.3 Å². The second-order valence-corrected chi connectivity index (χ2v) is 5.87. The van der Waals surface area contributed by atoms with Crippen molar-refractivity contribution < 1.29 is 23.1 Å². The summed E-state index contributed by atoms with van der Waals surface area (Å²) in [4.78, 5) is 16.1. The Kier molecular flexibility index (Phi) is 3.62. The number of hydrogen-bond donors (Lipinski definition) is 2. The number of aromatic nitrogens is 1. The highest BCUT2D eigenvalue weighted by Gasteiger charge is 2.43. The lowest BCUT2D eigenvalue weighted by atomic mass is 9.92. The van der Waals surface area contributed by atoms with E-state index in [4.69, 9.17) is 5.11 Å². The molecule has 3 rings (SSSR count). The molecule has 2 N–H and O–H groups in total. The molecular formula is C14H16F3N3O2. The van der Waals surface area contributed by atoms with Gasteiger partial charge in [0.15, 0.2) is 0 Å². The molecule has 8 heteroatoms. The third-order valence-electron chi connectivity index (χ3n) is 4.52. The van der Waals surface area contributed by atoms with E-state index in [2.05, 4.69) is 10.3 Å². The summed E-state index contributed by atoms with van der Waals surface area (Å²) in [5, 5.41) is 11.4. The van der Waals surface area contributed by atoms with E-state index < -0.39 is 18.0 Å². The molecule has 1 amide bonds. The van der Waals surface area contributed by atoms with E-state index in [-0.39, 0.29) is 17.9 Å². The zero-order valence-corrected chi connectivity index (χ0v) is 11.7. The number of hydrogen-bond acceptors (Lipinski definition) is 3. The molecule has 5 nitrogen and oxygen atoms in total. The largest absolute Gasteiger partial charge is 0.465 e. The Morgan fingerprint density at radius 1 is 1.32 bits per heavy atom. The topological polar surface area (TPSA) is 65.5 Å². The number of halogens is 3. The number of rotatable bonds is 2. The number of anilines is 1. The second kappa shape index (κ2) is 5.33. The van der Waals surface area contributed by atoms with Gasteiger partial charge >= 0.3 is 12.3 Å². The zero-order valence-electron chi connectivity index (χ0n) is 11.7. The fourth-order valence-electron chi connectivity index (χ4n) is 3.58. The highest BCUT2D eigenvalue weighted by atomic mass is 19.4. The summed E-state index contributed by atoms with van der Waals surface area (Å²) in [5.74, 6) is 0.273. The van der Waals surface area contributed by atoms with Crippen molar-refractivity contribution in [2.75, 3.05) is 18.0 Å². The minimum absolute atomic E-state index is 0.0994. The van der Waals surface area contributed by atoms with Gasteiger partial charge in [0, 0.05) is 31.0 Å². The van der Waals surface area contributed by atoms with Crippen molar-refractivity contribution in [2.24, 2.45) is 11.8 Å². The van der Waals surface area contributed by atoms with Crippen LogP contribution in [0.3, 0.4) is 0 Å². The predicted octanol–water partition coefficient (Wildman–Crippen LogP) is 2.58. The first-order chi connectivity index (χ1) is 10.3. The molecule has 0 spiro atoms. The normalized spacial score (nSPS) is 27.8. The molecule has 1 saturated carbocycles. The van der Waals surface area contributed by atoms with Crippen molar-refractivity contribution in [1.29, 1.82) is 0 Å². The summed E-state index contributed by atoms with van der Waals surface area (Å²) < 4.78 is 38.2. The van der Waals surface area contributed by atoms with Gasteiger partial charge in [-0.15, -0.1) is 0 Å². The highest BCUT2D eigenvalue weighted by Crippen LogP contribution is 2.39. The van der Waals surface area contributed by atoms with Crippen LogP contribution in [0.1, 0.15) is 18.5 Å². The van der Waals surface area contributed by atoms with Crippen molar-refractivity contribution in [2.45, 2.75) is 25.1 Å². The van der Waals surface area contributed by atoms with Crippen LogP contribution in [0, 0.1) is 11.8 Å². The Morgan fingerprint density at radius 3 is 2.50 bits per heavy atom. The van der Waals surface area contributed by atoms with Crippen LogP contribution in [0.2, 0.25) is 0 Å². The molecule has 1 aromatic heterocycles. The lowest BCUT2D eigenvalue weighted by Crippen LogP contribution is -2.52. The van der Waals surface area contributed by atoms with Gasteiger partial charge in [-0.2, -0.15) is 13.2 Å². The monoisotopic (exact) mass is 315 g/mol. The first-order valence-corrected chi connectivity index (χ1v) is 7.12. The molecule has 1 unspecified atom stereocenters. The van der Waals surface area contributed by atoms with E-state index in [1.54, 1.807) is 6.07 Å². The fourth-order valence-corrected chi connectivity index (χ4v) is 3.58. The molecule has 2 bridgehead atoms. The van der Waals surface area contributed by atoms with Gasteiger partial charge < -0.3 is 15.3 Å². The van der Waals surface area contributed by atoms with E-state index in [0.717, 1.165) is 18.9 Å². The zero-order chi connectivity index (χ0) is 15.9. The van der Waals surface area contributed by atoms with Crippen molar-refractivity contribution in [3.63, 3.8) is 0 Å². The second-order valence-electron chi connectivity index (χ2n) is 5.87. The van der Waals surface area contributed by atoms with Crippen molar-refractivity contribution >= 4 is 11.8 Å². The lowest BCUT2D eigenvalue weighted by Gasteiger charge is -2.39. The van der Waals surface area contributed by atoms with Gasteiger partial charge in [-0.05, 0) is 36.8 Å². The van der Waals surface area contributed by atoms with Crippen molar-refractivity contribution in [1.82, 2.24) is 10.3 Å². The van der Waals surface area contributed by atoms with Gasteiger partial charge in [0.25, 0.3) is 0 Å². The molecule has 0 radical (unpaired) electrons. The van der Waals surface area contributed by atoms with Gasteiger partial charge in [-0.25, -0.2) is 4.79 Å². The number of pyridine rings is 1. The SMILES string of the molecule is O=C(O)NC1[C@@H]2CC[C@H]1CN(c1ccnc(C(F)(F)F)c1)C2. The highest BCUT2D eigenvalue weighted by molar-refractivity contribution is 5.65. The molecule has 1 aliphatic heterocycles. The minimum Gasteiger partial charge on any atom is -0.465 e. The molecule has 2 aliphatic rings. The maximum atomic E-state index is 12.7. The molecule has 1 aliphatic carbocycles. The molecule has 2 fully saturated rings. The molecule has 120 valence electrons. The number of carbonyl (C=O) groups is 1. The van der Waals surface area contributed by atoms with Crippen molar-refractivity contribution in [3.8, 4) is 0 Å². The molecule has 3 atom stereocenters. The Balaban J connectivity index is 1.77. The molecule has 2 heterocycles. The Morgan fingerprint density at radius 2 is 1.95 bits per heavy atom. The number of fused-ring (bicyclic) bond motifs is 2. The molecule has 1 saturated heterocycles. The summed E-state index contributed by atoms with van der Waals surface area (Å²) in [5.41, 5.74) is -0.406. The maximum absolute atomic E-state index is 12.7. The van der Waals surface area contributed by atoms with E-state index in [1.807, 2.05) is 4.90 Å². The number of piperidine rings is 1. The quantitative estimate of drug-likeness (QED) is 0.880. The Labute approximate surface area is 125 Å². The first kappa shape index (κ1) is 14.9. The van der Waals surface area contributed by atoms with E-state index in [9.17, 15) is 18.0 Å². The van der Waals surface area contributed by atoms with E-state index >= 15 is 0 Å². The van der Waals surface area contributed by atoms with Gasteiger partial charge in [0.05, 0.1) is 0 Å². The Hall–Kier alpha value is -1.99. The molecule has 1 aromatic rings. The number of nitrogens with zero attached hydrogens (tertiary/aromatic N) is 2. The average molecular weight is 315 g/mol. The number of carboxylic acid groups (broad SMARTS) is 1. The average Bonchev–Trinajstić information content (AvgIpc) is 2.69. The number of alkyl halides is 3. The number of amides is 1. The van der Waals surface area contributed by atoms with Crippen molar-refractivity contribution in [3.05, 3.63) is 24.0 Å². The summed E-state index contributed by atoms with van der Waals surface area (Å²) in [6.45, 7) is 1.12. The predicted molar refractivity (Wildman–Crippen MR) is 72.6 cm³/mol. The fraction of sp³-hybridized carbons (Fsp3) is 0.571. The van der Waals surface area contributed by atoms with Gasteiger partial charge in [-0.1, -0.05) is 0 Å². The van der Waals surface area contributed by atoms with Gasteiger partial charge in [0.2, 0.25) is 0 Å². The molecular weight excluding hydrogens is 299 g/mol. The van der Waals surface area contributed by atoms with Gasteiger partial charge in [0.1, 0.15) is 5.69 Å². The van der Waals surface area contributed by atoms with Crippen LogP contribution in [-0.2, 0) is 6.18 Å². The van der Waals surface area contributed by atoms with Crippen LogP contribution in [0.25, 0.3) is 0 Å². The summed E-state index contributed by atoms with van der Waals surface area (Å²) in [6, 6.07) is 2.53. The first-order valence-electron chi connectivity index (χ1n) is 7.12. The smallest absolute Gasteiger partial charge is 0.433 e. The standard InChI is InChI=1S/C14H16F3N3O2/c15-14(16,17)11-5-10(3-4-18-11)20-6-8-1-2-9(7-20)12(8)19-13(21)22/h3-5,8-9,12,19H,1-2,6-7H2,(H,21,22)/t8-,9+,12?. The summed E-state index contributed by atoms with van der Waals surface area (Å²) in [6.07, 6.45) is -2.55. The minimum atomic E-state index is -4.46. The van der Waals surface area contributed by atoms with Crippen LogP contribution in [0.4, 0.5) is 23.7 Å². The van der Waals surface area contributed by atoms with E-state index in [1.165, 1.54) is 6.20 Å². The number of nitrogens with one attached hydrogen (secondary N) is 1. The van der Waals surface area contributed by atoms with E-state index in [0.29, 0.717) is 18.8 Å².